The molecule has 0 saturated heterocycles. The zero-order valence-corrected chi connectivity index (χ0v) is 12.2. The first-order valence-corrected chi connectivity index (χ1v) is 7.25. The van der Waals surface area contributed by atoms with Crippen LogP contribution in [-0.4, -0.2) is 0 Å². The lowest BCUT2D eigenvalue weighted by Crippen LogP contribution is -2.29. The molecule has 0 spiro atoms. The minimum atomic E-state index is 0.496. The third-order valence-corrected chi connectivity index (χ3v) is 3.20. The van der Waals surface area contributed by atoms with Crippen LogP contribution in [0, 0.1) is 0 Å². The van der Waals surface area contributed by atoms with Crippen molar-refractivity contribution in [1.82, 2.24) is 0 Å². The van der Waals surface area contributed by atoms with Crippen LogP contribution in [0.2, 0.25) is 0 Å². The Kier molecular flexibility index (Phi) is 4.70. The van der Waals surface area contributed by atoms with Gasteiger partial charge in [-0.1, -0.05) is 66.7 Å². The monoisotopic (exact) mass is 290 g/mol. The number of nitrogens with zero attached hydrogens (tertiary/aromatic N) is 1. The summed E-state index contributed by atoms with van der Waals surface area (Å²) >= 11 is 0. The maximum atomic E-state index is 5.94. The van der Waals surface area contributed by atoms with Crippen LogP contribution < -0.4 is 10.6 Å². The SMILES string of the molecule is c1ccc(CON(Nc2ccccc2)c2ccccc2)cc1. The summed E-state index contributed by atoms with van der Waals surface area (Å²) in [5.41, 5.74) is 6.32. The van der Waals surface area contributed by atoms with Crippen LogP contribution in [-0.2, 0) is 11.4 Å². The van der Waals surface area contributed by atoms with E-state index in [1.807, 2.05) is 91.0 Å². The molecule has 1 N–H and O–H groups in total. The average Bonchev–Trinajstić information content (AvgIpc) is 2.61. The standard InChI is InChI=1S/C19H18N2O/c1-4-10-17(11-5-1)16-22-21(19-14-8-3-9-15-19)20-18-12-6-2-7-13-18/h1-15,20H,16H2. The van der Waals surface area contributed by atoms with Crippen molar-refractivity contribution in [2.45, 2.75) is 6.61 Å². The Morgan fingerprint density at radius 2 is 1.23 bits per heavy atom. The van der Waals surface area contributed by atoms with Gasteiger partial charge in [-0.3, -0.25) is 5.43 Å². The molecule has 0 unspecified atom stereocenters. The fourth-order valence-electron chi connectivity index (χ4n) is 2.08. The zero-order valence-electron chi connectivity index (χ0n) is 12.2. The predicted octanol–water partition coefficient (Wildman–Crippen LogP) is 4.65. The summed E-state index contributed by atoms with van der Waals surface area (Å²) in [5.74, 6) is 0. The van der Waals surface area contributed by atoms with Crippen LogP contribution in [0.4, 0.5) is 11.4 Å². The molecule has 0 aliphatic heterocycles. The molecule has 3 rings (SSSR count). The second kappa shape index (κ2) is 7.29. The van der Waals surface area contributed by atoms with Gasteiger partial charge < -0.3 is 0 Å². The molecule has 3 heteroatoms. The lowest BCUT2D eigenvalue weighted by Gasteiger charge is -2.25. The van der Waals surface area contributed by atoms with Crippen molar-refractivity contribution >= 4 is 11.4 Å². The van der Waals surface area contributed by atoms with Gasteiger partial charge in [0.05, 0.1) is 11.4 Å². The van der Waals surface area contributed by atoms with Crippen molar-refractivity contribution in [3.05, 3.63) is 96.6 Å². The summed E-state index contributed by atoms with van der Waals surface area (Å²) in [7, 11) is 0. The van der Waals surface area contributed by atoms with Crippen molar-refractivity contribution in [3.63, 3.8) is 0 Å². The van der Waals surface area contributed by atoms with Crippen LogP contribution in [0.1, 0.15) is 5.56 Å². The second-order valence-electron chi connectivity index (χ2n) is 4.87. The molecule has 0 saturated carbocycles. The molecule has 3 aromatic carbocycles. The number of hydrogen-bond donors (Lipinski definition) is 1. The third kappa shape index (κ3) is 3.87. The Bertz CT molecular complexity index is 672. The molecule has 0 aliphatic carbocycles. The van der Waals surface area contributed by atoms with Gasteiger partial charge in [-0.15, -0.1) is 0 Å². The molecular weight excluding hydrogens is 272 g/mol. The van der Waals surface area contributed by atoms with Crippen LogP contribution in [0.15, 0.2) is 91.0 Å². The number of para-hydroxylation sites is 2. The van der Waals surface area contributed by atoms with Gasteiger partial charge in [0, 0.05) is 0 Å². The summed E-state index contributed by atoms with van der Waals surface area (Å²) < 4.78 is 0. The number of benzene rings is 3. The van der Waals surface area contributed by atoms with E-state index < -0.39 is 0 Å². The third-order valence-electron chi connectivity index (χ3n) is 3.20. The molecule has 0 fully saturated rings. The Balaban J connectivity index is 1.74. The van der Waals surface area contributed by atoms with Crippen molar-refractivity contribution in [2.75, 3.05) is 10.6 Å². The number of rotatable bonds is 6. The van der Waals surface area contributed by atoms with Gasteiger partial charge in [0.15, 0.2) is 0 Å². The van der Waals surface area contributed by atoms with Crippen molar-refractivity contribution in [1.29, 1.82) is 0 Å². The van der Waals surface area contributed by atoms with Gasteiger partial charge >= 0.3 is 0 Å². The van der Waals surface area contributed by atoms with Crippen molar-refractivity contribution < 1.29 is 4.84 Å². The largest absolute Gasteiger partial charge is 0.274 e. The zero-order chi connectivity index (χ0) is 15.0. The maximum absolute atomic E-state index is 5.94. The molecule has 3 aromatic rings. The van der Waals surface area contributed by atoms with Gasteiger partial charge in [-0.25, -0.2) is 4.84 Å². The van der Waals surface area contributed by atoms with Crippen LogP contribution in [0.25, 0.3) is 0 Å². The molecule has 0 bridgehead atoms. The summed E-state index contributed by atoms with van der Waals surface area (Å²) in [5, 5.41) is 1.70. The molecule has 0 aromatic heterocycles. The Hall–Kier alpha value is -2.78. The molecule has 0 aliphatic rings. The predicted molar refractivity (Wildman–Crippen MR) is 90.2 cm³/mol. The van der Waals surface area contributed by atoms with E-state index in [1.54, 1.807) is 5.17 Å². The first-order chi connectivity index (χ1) is 10.9. The first kappa shape index (κ1) is 14.2. The van der Waals surface area contributed by atoms with Gasteiger partial charge in [-0.05, 0) is 29.8 Å². The summed E-state index contributed by atoms with van der Waals surface area (Å²) in [4.78, 5) is 5.94. The van der Waals surface area contributed by atoms with E-state index in [2.05, 4.69) is 5.43 Å². The van der Waals surface area contributed by atoms with Crippen molar-refractivity contribution in [2.24, 2.45) is 0 Å². The Labute approximate surface area is 130 Å². The second-order valence-corrected chi connectivity index (χ2v) is 4.87. The van der Waals surface area contributed by atoms with Crippen LogP contribution >= 0.6 is 0 Å². The van der Waals surface area contributed by atoms with E-state index in [0.717, 1.165) is 16.9 Å². The molecular formula is C19H18N2O. The first-order valence-electron chi connectivity index (χ1n) is 7.25. The Morgan fingerprint density at radius 1 is 0.682 bits per heavy atom. The molecule has 0 radical (unpaired) electrons. The van der Waals surface area contributed by atoms with E-state index in [0.29, 0.717) is 6.61 Å². The molecule has 110 valence electrons. The smallest absolute Gasteiger partial charge is 0.102 e. The fraction of sp³-hybridized carbons (Fsp3) is 0.0526. The maximum Gasteiger partial charge on any atom is 0.102 e. The normalized spacial score (nSPS) is 10.2. The molecule has 22 heavy (non-hydrogen) atoms. The van der Waals surface area contributed by atoms with Gasteiger partial charge in [-0.2, -0.15) is 5.17 Å². The summed E-state index contributed by atoms with van der Waals surface area (Å²) in [6, 6.07) is 30.0. The highest BCUT2D eigenvalue weighted by atomic mass is 16.7. The van der Waals surface area contributed by atoms with E-state index in [1.165, 1.54) is 0 Å². The van der Waals surface area contributed by atoms with E-state index >= 15 is 0 Å². The van der Waals surface area contributed by atoms with Crippen LogP contribution in [0.5, 0.6) is 0 Å². The molecule has 0 atom stereocenters. The number of hydrazine groups is 1. The molecule has 3 nitrogen and oxygen atoms in total. The minimum Gasteiger partial charge on any atom is -0.274 e. The van der Waals surface area contributed by atoms with Gasteiger partial charge in [0.25, 0.3) is 0 Å². The average molecular weight is 290 g/mol. The lowest BCUT2D eigenvalue weighted by atomic mass is 10.2. The fourth-order valence-corrected chi connectivity index (χ4v) is 2.08. The van der Waals surface area contributed by atoms with Gasteiger partial charge in [0.1, 0.15) is 6.61 Å². The number of hydrogen-bond acceptors (Lipinski definition) is 3. The number of nitrogens with one attached hydrogen (secondary N) is 1. The quantitative estimate of drug-likeness (QED) is 0.669. The van der Waals surface area contributed by atoms with Crippen LogP contribution in [0.3, 0.4) is 0 Å². The van der Waals surface area contributed by atoms with Crippen molar-refractivity contribution in [3.8, 4) is 0 Å². The summed E-state index contributed by atoms with van der Waals surface area (Å²) in [6.07, 6.45) is 0. The van der Waals surface area contributed by atoms with E-state index in [-0.39, 0.29) is 0 Å². The van der Waals surface area contributed by atoms with E-state index in [9.17, 15) is 0 Å². The highest BCUT2D eigenvalue weighted by molar-refractivity contribution is 5.52. The summed E-state index contributed by atoms with van der Waals surface area (Å²) in [6.45, 7) is 0.496. The Morgan fingerprint density at radius 3 is 1.86 bits per heavy atom. The number of anilines is 2. The highest BCUT2D eigenvalue weighted by Crippen LogP contribution is 2.17. The molecule has 0 heterocycles. The van der Waals surface area contributed by atoms with Gasteiger partial charge in [0.2, 0.25) is 0 Å². The topological polar surface area (TPSA) is 24.5 Å². The highest BCUT2D eigenvalue weighted by Gasteiger charge is 2.07. The van der Waals surface area contributed by atoms with E-state index in [4.69, 9.17) is 4.84 Å². The molecule has 0 amide bonds. The lowest BCUT2D eigenvalue weighted by molar-refractivity contribution is 0.107. The minimum absolute atomic E-state index is 0.496.